The molecule has 1 saturated heterocycles. The highest BCUT2D eigenvalue weighted by Gasteiger charge is 2.18. The van der Waals surface area contributed by atoms with Gasteiger partial charge in [0.15, 0.2) is 0 Å². The van der Waals surface area contributed by atoms with E-state index in [1.165, 1.54) is 0 Å². The predicted octanol–water partition coefficient (Wildman–Crippen LogP) is 2.49. The Morgan fingerprint density at radius 2 is 1.94 bits per heavy atom. The highest BCUT2D eigenvalue weighted by atomic mass is 35.5. The molecule has 0 aromatic heterocycles. The van der Waals surface area contributed by atoms with Gasteiger partial charge in [-0.1, -0.05) is 35.9 Å². The smallest absolute Gasteiger partial charge is 0.253 e. The number of benzene rings is 2. The molecular weight excluding hydrogens is 418 g/mol. The van der Waals surface area contributed by atoms with Crippen molar-refractivity contribution in [2.24, 2.45) is 0 Å². The van der Waals surface area contributed by atoms with E-state index in [9.17, 15) is 9.59 Å². The molecule has 2 aromatic rings. The minimum Gasteiger partial charge on any atom is -0.492 e. The molecule has 166 valence electrons. The Bertz CT molecular complexity index is 887. The van der Waals surface area contributed by atoms with Gasteiger partial charge in [0, 0.05) is 26.2 Å². The van der Waals surface area contributed by atoms with Crippen molar-refractivity contribution in [3.63, 3.8) is 0 Å². The molecule has 2 aromatic carbocycles. The Morgan fingerprint density at radius 3 is 2.71 bits per heavy atom. The molecule has 0 aliphatic carbocycles. The molecule has 0 spiro atoms. The van der Waals surface area contributed by atoms with E-state index < -0.39 is 6.04 Å². The van der Waals surface area contributed by atoms with Crippen LogP contribution in [0.1, 0.15) is 22.8 Å². The summed E-state index contributed by atoms with van der Waals surface area (Å²) in [4.78, 5) is 27.0. The number of carbonyl (C=O) groups is 2. The van der Waals surface area contributed by atoms with Gasteiger partial charge < -0.3 is 20.1 Å². The number of halogens is 1. The fraction of sp³-hybridized carbons (Fsp3) is 0.391. The molecule has 8 heteroatoms. The quantitative estimate of drug-likeness (QED) is 0.620. The lowest BCUT2D eigenvalue weighted by molar-refractivity contribution is -0.122. The molecule has 2 N–H and O–H groups in total. The molecule has 31 heavy (non-hydrogen) atoms. The van der Waals surface area contributed by atoms with Gasteiger partial charge >= 0.3 is 0 Å². The fourth-order valence-electron chi connectivity index (χ4n) is 3.19. The Hall–Kier alpha value is -2.61. The zero-order chi connectivity index (χ0) is 22.1. The second-order valence-electron chi connectivity index (χ2n) is 7.34. The topological polar surface area (TPSA) is 79.9 Å². The third-order valence-electron chi connectivity index (χ3n) is 5.00. The van der Waals surface area contributed by atoms with Crippen molar-refractivity contribution in [2.75, 3.05) is 39.5 Å². The van der Waals surface area contributed by atoms with Crippen LogP contribution in [0, 0.1) is 0 Å². The van der Waals surface area contributed by atoms with Gasteiger partial charge in [0.2, 0.25) is 5.91 Å². The molecule has 1 aliphatic heterocycles. The molecule has 3 rings (SSSR count). The van der Waals surface area contributed by atoms with E-state index in [1.54, 1.807) is 31.2 Å². The molecule has 2 amide bonds. The predicted molar refractivity (Wildman–Crippen MR) is 119 cm³/mol. The van der Waals surface area contributed by atoms with Crippen molar-refractivity contribution in [3.05, 3.63) is 64.7 Å². The maximum atomic E-state index is 12.4. The summed E-state index contributed by atoms with van der Waals surface area (Å²) in [5.41, 5.74) is 1.26. The SMILES string of the molecule is CC(NC(=O)c1ccccc1Cl)C(=O)NCc1cccc(OCCN2CCOCC2)c1. The molecule has 0 bridgehead atoms. The Labute approximate surface area is 187 Å². The first-order valence-electron chi connectivity index (χ1n) is 10.4. The van der Waals surface area contributed by atoms with E-state index in [0.717, 1.165) is 44.2 Å². The summed E-state index contributed by atoms with van der Waals surface area (Å²) in [6.07, 6.45) is 0. The molecule has 0 radical (unpaired) electrons. The summed E-state index contributed by atoms with van der Waals surface area (Å²) in [5, 5.41) is 5.86. The summed E-state index contributed by atoms with van der Waals surface area (Å²) in [5.74, 6) is 0.100. The van der Waals surface area contributed by atoms with E-state index in [-0.39, 0.29) is 11.8 Å². The van der Waals surface area contributed by atoms with E-state index in [4.69, 9.17) is 21.1 Å². The third kappa shape index (κ3) is 7.24. The highest BCUT2D eigenvalue weighted by molar-refractivity contribution is 6.33. The second kappa shape index (κ2) is 11.7. The van der Waals surface area contributed by atoms with Crippen molar-refractivity contribution in [3.8, 4) is 5.75 Å². The van der Waals surface area contributed by atoms with Crippen LogP contribution in [0.4, 0.5) is 0 Å². The zero-order valence-electron chi connectivity index (χ0n) is 17.6. The van der Waals surface area contributed by atoms with Gasteiger partial charge in [-0.3, -0.25) is 14.5 Å². The summed E-state index contributed by atoms with van der Waals surface area (Å²) in [6, 6.07) is 13.7. The lowest BCUT2D eigenvalue weighted by atomic mass is 10.2. The normalized spacial score (nSPS) is 15.2. The van der Waals surface area contributed by atoms with Crippen LogP contribution < -0.4 is 15.4 Å². The van der Waals surface area contributed by atoms with Crippen LogP contribution in [0.3, 0.4) is 0 Å². The molecule has 1 fully saturated rings. The molecule has 7 nitrogen and oxygen atoms in total. The minimum atomic E-state index is -0.697. The lowest BCUT2D eigenvalue weighted by Crippen LogP contribution is -2.44. The van der Waals surface area contributed by atoms with Gasteiger partial charge in [-0.15, -0.1) is 0 Å². The van der Waals surface area contributed by atoms with Gasteiger partial charge in [-0.2, -0.15) is 0 Å². The maximum Gasteiger partial charge on any atom is 0.253 e. The Kier molecular flexibility index (Phi) is 8.70. The summed E-state index contributed by atoms with van der Waals surface area (Å²) in [6.45, 7) is 6.83. The number of rotatable bonds is 9. The molecule has 1 heterocycles. The van der Waals surface area contributed by atoms with Gasteiger partial charge in [-0.25, -0.2) is 0 Å². The van der Waals surface area contributed by atoms with Gasteiger partial charge in [-0.05, 0) is 36.8 Å². The first-order chi connectivity index (χ1) is 15.0. The number of amides is 2. The maximum absolute atomic E-state index is 12.4. The van der Waals surface area contributed by atoms with Gasteiger partial charge in [0.1, 0.15) is 18.4 Å². The van der Waals surface area contributed by atoms with Crippen molar-refractivity contribution in [2.45, 2.75) is 19.5 Å². The molecular formula is C23H28ClN3O4. The average Bonchev–Trinajstić information content (AvgIpc) is 2.78. The lowest BCUT2D eigenvalue weighted by Gasteiger charge is -2.26. The molecule has 1 atom stereocenters. The zero-order valence-corrected chi connectivity index (χ0v) is 18.4. The monoisotopic (exact) mass is 445 g/mol. The number of nitrogens with one attached hydrogen (secondary N) is 2. The average molecular weight is 446 g/mol. The van der Waals surface area contributed by atoms with E-state index >= 15 is 0 Å². The number of hydrogen-bond donors (Lipinski definition) is 2. The molecule has 1 unspecified atom stereocenters. The van der Waals surface area contributed by atoms with Crippen LogP contribution in [0.2, 0.25) is 5.02 Å². The van der Waals surface area contributed by atoms with Crippen LogP contribution in [0.25, 0.3) is 0 Å². The van der Waals surface area contributed by atoms with E-state index in [2.05, 4.69) is 15.5 Å². The molecule has 1 aliphatic rings. The number of carbonyl (C=O) groups excluding carboxylic acids is 2. The standard InChI is InChI=1S/C23H28ClN3O4/c1-17(26-23(29)20-7-2-3-8-21(20)24)22(28)25-16-18-5-4-6-19(15-18)31-14-11-27-9-12-30-13-10-27/h2-8,15,17H,9-14,16H2,1H3,(H,25,28)(H,26,29). The first kappa shape index (κ1) is 23.1. The largest absolute Gasteiger partial charge is 0.492 e. The van der Waals surface area contributed by atoms with Crippen LogP contribution in [-0.2, 0) is 16.1 Å². The third-order valence-corrected chi connectivity index (χ3v) is 5.33. The number of morpholine rings is 1. The van der Waals surface area contributed by atoms with Crippen LogP contribution in [-0.4, -0.2) is 62.2 Å². The van der Waals surface area contributed by atoms with E-state index in [0.29, 0.717) is 23.7 Å². The highest BCUT2D eigenvalue weighted by Crippen LogP contribution is 2.15. The minimum absolute atomic E-state index is 0.279. The first-order valence-corrected chi connectivity index (χ1v) is 10.8. The van der Waals surface area contributed by atoms with Crippen LogP contribution >= 0.6 is 11.6 Å². The van der Waals surface area contributed by atoms with Crippen molar-refractivity contribution < 1.29 is 19.1 Å². The summed E-state index contributed by atoms with van der Waals surface area (Å²) < 4.78 is 11.2. The second-order valence-corrected chi connectivity index (χ2v) is 7.75. The number of hydrogen-bond acceptors (Lipinski definition) is 5. The summed E-state index contributed by atoms with van der Waals surface area (Å²) in [7, 11) is 0. The molecule has 0 saturated carbocycles. The number of ether oxygens (including phenoxy) is 2. The number of nitrogens with zero attached hydrogens (tertiary/aromatic N) is 1. The van der Waals surface area contributed by atoms with Gasteiger partial charge in [0.25, 0.3) is 5.91 Å². The van der Waals surface area contributed by atoms with Gasteiger partial charge in [0.05, 0.1) is 23.8 Å². The Balaban J connectivity index is 1.43. The van der Waals surface area contributed by atoms with Crippen molar-refractivity contribution in [1.29, 1.82) is 0 Å². The van der Waals surface area contributed by atoms with Crippen LogP contribution in [0.15, 0.2) is 48.5 Å². The van der Waals surface area contributed by atoms with Crippen molar-refractivity contribution in [1.82, 2.24) is 15.5 Å². The van der Waals surface area contributed by atoms with Crippen molar-refractivity contribution >= 4 is 23.4 Å². The summed E-state index contributed by atoms with van der Waals surface area (Å²) >= 11 is 6.04. The van der Waals surface area contributed by atoms with Crippen LogP contribution in [0.5, 0.6) is 5.75 Å². The fourth-order valence-corrected chi connectivity index (χ4v) is 3.41. The van der Waals surface area contributed by atoms with E-state index in [1.807, 2.05) is 24.3 Å². The Morgan fingerprint density at radius 1 is 1.16 bits per heavy atom.